The molecule has 17 heavy (non-hydrogen) atoms. The highest BCUT2D eigenvalue weighted by Crippen LogP contribution is 2.25. The fourth-order valence-electron chi connectivity index (χ4n) is 2.00. The maximum atomic E-state index is 6.28. The maximum Gasteiger partial charge on any atom is 0.0338 e. The fraction of sp³-hybridized carbons (Fsp3) is 0.200. The lowest BCUT2D eigenvalue weighted by molar-refractivity contribution is 0.716. The molecule has 0 fully saturated rings. The molecular formula is C15H16BrN. The van der Waals surface area contributed by atoms with Crippen LogP contribution in [0.4, 0.5) is 0 Å². The van der Waals surface area contributed by atoms with Gasteiger partial charge in [-0.15, -0.1) is 0 Å². The second kappa shape index (κ2) is 5.48. The van der Waals surface area contributed by atoms with E-state index in [-0.39, 0.29) is 6.04 Å². The van der Waals surface area contributed by atoms with Gasteiger partial charge in [-0.05, 0) is 36.1 Å². The lowest BCUT2D eigenvalue weighted by atomic mass is 9.96. The Balaban J connectivity index is 2.20. The van der Waals surface area contributed by atoms with Gasteiger partial charge < -0.3 is 5.73 Å². The third-order valence-electron chi connectivity index (χ3n) is 3.01. The second-order valence-corrected chi connectivity index (χ2v) is 5.10. The third kappa shape index (κ3) is 2.96. The van der Waals surface area contributed by atoms with Gasteiger partial charge in [-0.2, -0.15) is 0 Å². The first-order chi connectivity index (χ1) is 8.18. The van der Waals surface area contributed by atoms with Crippen LogP contribution < -0.4 is 5.73 Å². The smallest absolute Gasteiger partial charge is 0.0338 e. The summed E-state index contributed by atoms with van der Waals surface area (Å²) in [6.07, 6.45) is 0.873. The van der Waals surface area contributed by atoms with Crippen LogP contribution in [0.1, 0.15) is 22.7 Å². The van der Waals surface area contributed by atoms with E-state index in [0.29, 0.717) is 0 Å². The molecule has 1 unspecified atom stereocenters. The molecule has 0 heterocycles. The van der Waals surface area contributed by atoms with Crippen molar-refractivity contribution in [1.82, 2.24) is 0 Å². The standard InChI is InChI=1S/C15H16BrN/c1-11-13(8-5-9-14(11)16)15(17)10-12-6-3-2-4-7-12/h2-9,15H,10,17H2,1H3. The predicted molar refractivity (Wildman–Crippen MR) is 76.0 cm³/mol. The van der Waals surface area contributed by atoms with Crippen LogP contribution >= 0.6 is 15.9 Å². The molecule has 0 spiro atoms. The molecule has 0 aliphatic heterocycles. The number of rotatable bonds is 3. The van der Waals surface area contributed by atoms with Gasteiger partial charge in [0.25, 0.3) is 0 Å². The van der Waals surface area contributed by atoms with E-state index in [4.69, 9.17) is 5.73 Å². The molecule has 0 saturated carbocycles. The summed E-state index contributed by atoms with van der Waals surface area (Å²) >= 11 is 3.54. The van der Waals surface area contributed by atoms with E-state index < -0.39 is 0 Å². The van der Waals surface area contributed by atoms with E-state index in [0.717, 1.165) is 10.9 Å². The summed E-state index contributed by atoms with van der Waals surface area (Å²) in [6.45, 7) is 2.10. The topological polar surface area (TPSA) is 26.0 Å². The highest BCUT2D eigenvalue weighted by molar-refractivity contribution is 9.10. The van der Waals surface area contributed by atoms with E-state index in [1.54, 1.807) is 0 Å². The molecule has 0 aliphatic rings. The number of nitrogens with two attached hydrogens (primary N) is 1. The van der Waals surface area contributed by atoms with E-state index in [1.165, 1.54) is 16.7 Å². The maximum absolute atomic E-state index is 6.28. The third-order valence-corrected chi connectivity index (χ3v) is 3.87. The van der Waals surface area contributed by atoms with Gasteiger partial charge in [0, 0.05) is 10.5 Å². The molecule has 2 heteroatoms. The minimum Gasteiger partial charge on any atom is -0.324 e. The van der Waals surface area contributed by atoms with E-state index in [9.17, 15) is 0 Å². The predicted octanol–water partition coefficient (Wildman–Crippen LogP) is 4.00. The molecule has 0 aromatic heterocycles. The lowest BCUT2D eigenvalue weighted by Gasteiger charge is -2.15. The van der Waals surface area contributed by atoms with Crippen molar-refractivity contribution in [1.29, 1.82) is 0 Å². The van der Waals surface area contributed by atoms with Crippen molar-refractivity contribution in [3.63, 3.8) is 0 Å². The van der Waals surface area contributed by atoms with Crippen molar-refractivity contribution < 1.29 is 0 Å². The van der Waals surface area contributed by atoms with E-state index in [2.05, 4.69) is 53.2 Å². The molecule has 0 amide bonds. The van der Waals surface area contributed by atoms with Crippen LogP contribution in [0.15, 0.2) is 53.0 Å². The van der Waals surface area contributed by atoms with Gasteiger partial charge in [0.15, 0.2) is 0 Å². The van der Waals surface area contributed by atoms with Gasteiger partial charge in [0.1, 0.15) is 0 Å². The molecule has 2 N–H and O–H groups in total. The van der Waals surface area contributed by atoms with Gasteiger partial charge in [-0.3, -0.25) is 0 Å². The van der Waals surface area contributed by atoms with Crippen LogP contribution in [0.2, 0.25) is 0 Å². The number of hydrogen-bond donors (Lipinski definition) is 1. The summed E-state index contributed by atoms with van der Waals surface area (Å²) in [5.74, 6) is 0. The zero-order valence-electron chi connectivity index (χ0n) is 9.86. The van der Waals surface area contributed by atoms with Crippen molar-refractivity contribution in [3.05, 3.63) is 69.7 Å². The van der Waals surface area contributed by atoms with Crippen molar-refractivity contribution in [2.75, 3.05) is 0 Å². The zero-order chi connectivity index (χ0) is 12.3. The van der Waals surface area contributed by atoms with Crippen molar-refractivity contribution in [2.24, 2.45) is 5.73 Å². The molecular weight excluding hydrogens is 274 g/mol. The molecule has 2 aromatic carbocycles. The largest absolute Gasteiger partial charge is 0.324 e. The Morgan fingerprint density at radius 3 is 2.47 bits per heavy atom. The van der Waals surface area contributed by atoms with Crippen LogP contribution in [-0.2, 0) is 6.42 Å². The highest BCUT2D eigenvalue weighted by Gasteiger charge is 2.10. The van der Waals surface area contributed by atoms with Crippen molar-refractivity contribution in [2.45, 2.75) is 19.4 Å². The van der Waals surface area contributed by atoms with Gasteiger partial charge in [0.2, 0.25) is 0 Å². The zero-order valence-corrected chi connectivity index (χ0v) is 11.4. The molecule has 2 aromatic rings. The highest BCUT2D eigenvalue weighted by atomic mass is 79.9. The van der Waals surface area contributed by atoms with Crippen LogP contribution in [0, 0.1) is 6.92 Å². The van der Waals surface area contributed by atoms with Gasteiger partial charge in [0.05, 0.1) is 0 Å². The summed E-state index contributed by atoms with van der Waals surface area (Å²) in [4.78, 5) is 0. The quantitative estimate of drug-likeness (QED) is 0.908. The SMILES string of the molecule is Cc1c(Br)cccc1C(N)Cc1ccccc1. The summed E-state index contributed by atoms with van der Waals surface area (Å²) in [7, 11) is 0. The average Bonchev–Trinajstić information content (AvgIpc) is 2.34. The summed E-state index contributed by atoms with van der Waals surface area (Å²) in [6, 6.07) is 16.6. The molecule has 0 saturated heterocycles. The first-order valence-electron chi connectivity index (χ1n) is 5.73. The van der Waals surface area contributed by atoms with Gasteiger partial charge >= 0.3 is 0 Å². The van der Waals surface area contributed by atoms with E-state index >= 15 is 0 Å². The van der Waals surface area contributed by atoms with Crippen LogP contribution in [0.5, 0.6) is 0 Å². The second-order valence-electron chi connectivity index (χ2n) is 4.25. The number of hydrogen-bond acceptors (Lipinski definition) is 1. The van der Waals surface area contributed by atoms with Gasteiger partial charge in [-0.1, -0.05) is 58.4 Å². The van der Waals surface area contributed by atoms with Crippen LogP contribution in [0.3, 0.4) is 0 Å². The Hall–Kier alpha value is -1.12. The van der Waals surface area contributed by atoms with Crippen LogP contribution in [0.25, 0.3) is 0 Å². The van der Waals surface area contributed by atoms with Crippen molar-refractivity contribution in [3.8, 4) is 0 Å². The Kier molecular flexibility index (Phi) is 3.97. The summed E-state index contributed by atoms with van der Waals surface area (Å²) < 4.78 is 1.12. The van der Waals surface area contributed by atoms with Gasteiger partial charge in [-0.25, -0.2) is 0 Å². The molecule has 0 bridgehead atoms. The molecule has 1 atom stereocenters. The normalized spacial score (nSPS) is 12.4. The minimum atomic E-state index is 0.0508. The first-order valence-corrected chi connectivity index (χ1v) is 6.52. The first kappa shape index (κ1) is 12.3. The summed E-state index contributed by atoms with van der Waals surface area (Å²) in [5.41, 5.74) is 10.00. The average molecular weight is 290 g/mol. The Morgan fingerprint density at radius 1 is 1.06 bits per heavy atom. The lowest BCUT2D eigenvalue weighted by Crippen LogP contribution is -2.14. The molecule has 88 valence electrons. The fourth-order valence-corrected chi connectivity index (χ4v) is 2.39. The minimum absolute atomic E-state index is 0.0508. The molecule has 0 radical (unpaired) electrons. The Labute approximate surface area is 111 Å². The number of benzene rings is 2. The number of halogens is 1. The summed E-state index contributed by atoms with van der Waals surface area (Å²) in [5, 5.41) is 0. The molecule has 2 rings (SSSR count). The monoisotopic (exact) mass is 289 g/mol. The molecule has 1 nitrogen and oxygen atoms in total. The van der Waals surface area contributed by atoms with Crippen molar-refractivity contribution >= 4 is 15.9 Å². The Morgan fingerprint density at radius 2 is 1.76 bits per heavy atom. The Bertz CT molecular complexity index is 494. The van der Waals surface area contributed by atoms with Crippen LogP contribution in [-0.4, -0.2) is 0 Å². The molecule has 0 aliphatic carbocycles. The van der Waals surface area contributed by atoms with E-state index in [1.807, 2.05) is 18.2 Å².